The third-order valence-corrected chi connectivity index (χ3v) is 5.10. The van der Waals surface area contributed by atoms with Gasteiger partial charge in [0.15, 0.2) is 5.75 Å². The number of nitrogens with zero attached hydrogens (tertiary/aromatic N) is 2. The first kappa shape index (κ1) is 17.6. The lowest BCUT2D eigenvalue weighted by atomic mass is 9.89. The molecule has 140 valence electrons. The Hall–Kier alpha value is -2.80. The van der Waals surface area contributed by atoms with Crippen LogP contribution in [0.3, 0.4) is 0 Å². The van der Waals surface area contributed by atoms with E-state index in [0.29, 0.717) is 30.5 Å². The molecule has 2 aromatic rings. The summed E-state index contributed by atoms with van der Waals surface area (Å²) < 4.78 is 10.8. The quantitative estimate of drug-likeness (QED) is 0.868. The highest BCUT2D eigenvalue weighted by molar-refractivity contribution is 6.30. The lowest BCUT2D eigenvalue weighted by Crippen LogP contribution is -2.31. The van der Waals surface area contributed by atoms with Crippen LogP contribution in [0.4, 0.5) is 0 Å². The van der Waals surface area contributed by atoms with Crippen LogP contribution in [0.25, 0.3) is 0 Å². The fourth-order valence-corrected chi connectivity index (χ4v) is 3.61. The summed E-state index contributed by atoms with van der Waals surface area (Å²) in [6.45, 7) is 1.24. The number of carbonyl (C=O) groups is 2. The number of amides is 1. The highest BCUT2D eigenvalue weighted by Gasteiger charge is 2.41. The second kappa shape index (κ2) is 7.08. The summed E-state index contributed by atoms with van der Waals surface area (Å²) in [6.07, 6.45) is 0. The predicted molar refractivity (Wildman–Crippen MR) is 96.4 cm³/mol. The fraction of sp³-hybridized carbons (Fsp3) is 0.316. The lowest BCUT2D eigenvalue weighted by Gasteiger charge is -2.19. The number of hydrogen-bond donors (Lipinski definition) is 1. The Balaban J connectivity index is 1.58. The number of hydrogen-bond acceptors (Lipinski definition) is 5. The summed E-state index contributed by atoms with van der Waals surface area (Å²) in [5.74, 6) is -1.46. The maximum absolute atomic E-state index is 12.9. The van der Waals surface area contributed by atoms with Crippen LogP contribution in [-0.4, -0.2) is 53.2 Å². The average Bonchev–Trinajstić information content (AvgIpc) is 3.13. The van der Waals surface area contributed by atoms with Crippen molar-refractivity contribution in [1.29, 1.82) is 0 Å². The molecule has 27 heavy (non-hydrogen) atoms. The minimum atomic E-state index is -0.930. The van der Waals surface area contributed by atoms with E-state index in [2.05, 4.69) is 4.98 Å². The van der Waals surface area contributed by atoms with E-state index in [9.17, 15) is 14.7 Å². The van der Waals surface area contributed by atoms with Gasteiger partial charge in [-0.2, -0.15) is 0 Å². The van der Waals surface area contributed by atoms with Crippen molar-refractivity contribution in [2.45, 2.75) is 5.92 Å². The maximum atomic E-state index is 12.9. The van der Waals surface area contributed by atoms with Gasteiger partial charge in [-0.15, -0.1) is 0 Å². The molecule has 1 aromatic carbocycles. The Morgan fingerprint density at radius 1 is 1.07 bits per heavy atom. The van der Waals surface area contributed by atoms with Gasteiger partial charge in [0.1, 0.15) is 18.9 Å². The molecule has 1 N–H and O–H groups in total. The highest BCUT2D eigenvalue weighted by atomic mass is 35.5. The van der Waals surface area contributed by atoms with Gasteiger partial charge in [-0.05, 0) is 29.8 Å². The Bertz CT molecular complexity index is 886. The Morgan fingerprint density at radius 3 is 2.56 bits per heavy atom. The van der Waals surface area contributed by atoms with Crippen molar-refractivity contribution in [3.8, 4) is 11.6 Å². The van der Waals surface area contributed by atoms with Gasteiger partial charge in [0, 0.05) is 24.0 Å². The van der Waals surface area contributed by atoms with Crippen LogP contribution >= 0.6 is 11.6 Å². The minimum absolute atomic E-state index is 0.123. The van der Waals surface area contributed by atoms with Crippen LogP contribution in [0, 0.1) is 5.92 Å². The van der Waals surface area contributed by atoms with E-state index in [1.807, 2.05) is 0 Å². The smallest absolute Gasteiger partial charge is 0.308 e. The number of halogens is 1. The van der Waals surface area contributed by atoms with Gasteiger partial charge < -0.3 is 19.5 Å². The Labute approximate surface area is 160 Å². The first-order valence-electron chi connectivity index (χ1n) is 8.57. The SMILES string of the molecule is O=C(O)[C@@H]1CN(C(=O)c2ccc3c(n2)OCCO3)C[C@H]1c1ccc(Cl)cc1. The molecule has 3 heterocycles. The largest absolute Gasteiger partial charge is 0.484 e. The number of carbonyl (C=O) groups excluding carboxylic acids is 1. The van der Waals surface area contributed by atoms with Gasteiger partial charge in [0.25, 0.3) is 11.8 Å². The number of likely N-dealkylation sites (tertiary alicyclic amines) is 1. The standard InChI is InChI=1S/C19H17ClN2O5/c20-12-3-1-11(2-4-12)13-9-22(10-14(13)19(24)25)18(23)15-5-6-16-17(21-15)27-8-7-26-16/h1-6,13-14H,7-10H2,(H,24,25)/t13-,14+/m0/s1. The summed E-state index contributed by atoms with van der Waals surface area (Å²) in [6, 6.07) is 10.3. The Morgan fingerprint density at radius 2 is 1.81 bits per heavy atom. The molecule has 0 saturated carbocycles. The van der Waals surface area contributed by atoms with Crippen molar-refractivity contribution in [3.05, 3.63) is 52.7 Å². The molecule has 2 aliphatic rings. The zero-order valence-electron chi connectivity index (χ0n) is 14.3. The van der Waals surface area contributed by atoms with E-state index in [1.165, 1.54) is 4.90 Å². The summed E-state index contributed by atoms with van der Waals surface area (Å²) in [5, 5.41) is 10.2. The fourth-order valence-electron chi connectivity index (χ4n) is 3.48. The van der Waals surface area contributed by atoms with E-state index >= 15 is 0 Å². The van der Waals surface area contributed by atoms with E-state index in [1.54, 1.807) is 36.4 Å². The first-order valence-corrected chi connectivity index (χ1v) is 8.95. The molecule has 0 unspecified atom stereocenters. The van der Waals surface area contributed by atoms with Crippen LogP contribution in [-0.2, 0) is 4.79 Å². The lowest BCUT2D eigenvalue weighted by molar-refractivity contribution is -0.141. The van der Waals surface area contributed by atoms with Crippen molar-refractivity contribution in [2.75, 3.05) is 26.3 Å². The predicted octanol–water partition coefficient (Wildman–Crippen LogP) is 2.45. The molecule has 2 atom stereocenters. The monoisotopic (exact) mass is 388 g/mol. The highest BCUT2D eigenvalue weighted by Crippen LogP contribution is 2.35. The Kier molecular flexibility index (Phi) is 4.61. The van der Waals surface area contributed by atoms with Crippen LogP contribution in [0.2, 0.25) is 5.02 Å². The number of carboxylic acids is 1. The number of fused-ring (bicyclic) bond motifs is 1. The molecule has 1 fully saturated rings. The summed E-state index contributed by atoms with van der Waals surface area (Å²) in [5.41, 5.74) is 1.05. The van der Waals surface area contributed by atoms with E-state index in [-0.39, 0.29) is 29.9 Å². The van der Waals surface area contributed by atoms with Gasteiger partial charge in [-0.1, -0.05) is 23.7 Å². The first-order chi connectivity index (χ1) is 13.0. The number of carboxylic acid groups (broad SMARTS) is 1. The van der Waals surface area contributed by atoms with Crippen LogP contribution in [0.15, 0.2) is 36.4 Å². The molecule has 7 nitrogen and oxygen atoms in total. The normalized spacial score (nSPS) is 21.1. The molecule has 1 saturated heterocycles. The number of benzene rings is 1. The molecule has 0 bridgehead atoms. The number of rotatable bonds is 3. The zero-order chi connectivity index (χ0) is 19.0. The van der Waals surface area contributed by atoms with Crippen LogP contribution in [0.1, 0.15) is 22.0 Å². The minimum Gasteiger partial charge on any atom is -0.484 e. The molecule has 2 aliphatic heterocycles. The summed E-state index contributed by atoms with van der Waals surface area (Å²) in [7, 11) is 0. The van der Waals surface area contributed by atoms with Crippen molar-refractivity contribution in [2.24, 2.45) is 5.92 Å². The second-order valence-electron chi connectivity index (χ2n) is 6.51. The van der Waals surface area contributed by atoms with Gasteiger partial charge >= 0.3 is 5.97 Å². The van der Waals surface area contributed by atoms with E-state index in [0.717, 1.165) is 5.56 Å². The van der Waals surface area contributed by atoms with Gasteiger partial charge in [-0.25, -0.2) is 4.98 Å². The van der Waals surface area contributed by atoms with E-state index in [4.69, 9.17) is 21.1 Å². The van der Waals surface area contributed by atoms with Crippen LogP contribution < -0.4 is 9.47 Å². The van der Waals surface area contributed by atoms with Gasteiger partial charge in [-0.3, -0.25) is 9.59 Å². The molecule has 0 spiro atoms. The third-order valence-electron chi connectivity index (χ3n) is 4.85. The molecule has 0 radical (unpaired) electrons. The molecule has 1 aromatic heterocycles. The number of ether oxygens (including phenoxy) is 2. The number of pyridine rings is 1. The maximum Gasteiger partial charge on any atom is 0.308 e. The summed E-state index contributed by atoms with van der Waals surface area (Å²) in [4.78, 5) is 30.4. The number of aliphatic carboxylic acids is 1. The van der Waals surface area contributed by atoms with E-state index < -0.39 is 11.9 Å². The van der Waals surface area contributed by atoms with Crippen molar-refractivity contribution >= 4 is 23.5 Å². The van der Waals surface area contributed by atoms with Gasteiger partial charge in [0.05, 0.1) is 5.92 Å². The van der Waals surface area contributed by atoms with Crippen LogP contribution in [0.5, 0.6) is 11.6 Å². The van der Waals surface area contributed by atoms with Crippen molar-refractivity contribution < 1.29 is 24.2 Å². The van der Waals surface area contributed by atoms with Crippen molar-refractivity contribution in [3.63, 3.8) is 0 Å². The topological polar surface area (TPSA) is 89.0 Å². The molecular weight excluding hydrogens is 372 g/mol. The zero-order valence-corrected chi connectivity index (χ0v) is 15.1. The summed E-state index contributed by atoms with van der Waals surface area (Å²) >= 11 is 5.92. The average molecular weight is 389 g/mol. The molecule has 4 rings (SSSR count). The second-order valence-corrected chi connectivity index (χ2v) is 6.95. The third kappa shape index (κ3) is 3.42. The molecule has 0 aliphatic carbocycles. The molecule has 1 amide bonds. The molecule has 8 heteroatoms. The van der Waals surface area contributed by atoms with Gasteiger partial charge in [0.2, 0.25) is 0 Å². The number of aromatic nitrogens is 1. The van der Waals surface area contributed by atoms with Crippen molar-refractivity contribution in [1.82, 2.24) is 9.88 Å². The molecular formula is C19H17ClN2O5.